The monoisotopic (exact) mass is 1040 g/mol. The molecule has 0 rings (SSSR count). The number of ether oxygens (including phenoxy) is 3. The fraction of sp³-hybridized carbons (Fsp3) is 0.838. The van der Waals surface area contributed by atoms with Crippen LogP contribution in [-0.2, 0) is 28.6 Å². The van der Waals surface area contributed by atoms with Gasteiger partial charge in [0, 0.05) is 19.3 Å². The number of carbonyl (C=O) groups excluding carboxylic acids is 3. The summed E-state index contributed by atoms with van der Waals surface area (Å²) in [7, 11) is 0. The highest BCUT2D eigenvalue weighted by Gasteiger charge is 2.19. The van der Waals surface area contributed by atoms with Crippen molar-refractivity contribution in [2.75, 3.05) is 13.2 Å². The number of esters is 3. The molecule has 0 fully saturated rings. The van der Waals surface area contributed by atoms with Gasteiger partial charge in [0.05, 0.1) is 0 Å². The summed E-state index contributed by atoms with van der Waals surface area (Å²) < 4.78 is 16.9. The molecule has 0 aromatic rings. The van der Waals surface area contributed by atoms with E-state index in [1.165, 1.54) is 231 Å². The Bertz CT molecular complexity index is 1280. The first-order chi connectivity index (χ1) is 36.5. The molecule has 0 aromatic heterocycles. The van der Waals surface area contributed by atoms with Gasteiger partial charge in [-0.1, -0.05) is 301 Å². The van der Waals surface area contributed by atoms with Gasteiger partial charge in [0.2, 0.25) is 0 Å². The van der Waals surface area contributed by atoms with Gasteiger partial charge in [-0.3, -0.25) is 14.4 Å². The number of hydrogen-bond donors (Lipinski definition) is 0. The van der Waals surface area contributed by atoms with Crippen LogP contribution >= 0.6 is 0 Å². The Morgan fingerprint density at radius 1 is 0.270 bits per heavy atom. The third-order valence-electron chi connectivity index (χ3n) is 14.6. The van der Waals surface area contributed by atoms with Crippen molar-refractivity contribution in [3.05, 3.63) is 48.6 Å². The zero-order valence-corrected chi connectivity index (χ0v) is 49.6. The maximum absolute atomic E-state index is 12.9. The Morgan fingerprint density at radius 3 is 0.811 bits per heavy atom. The fourth-order valence-corrected chi connectivity index (χ4v) is 9.61. The van der Waals surface area contributed by atoms with E-state index in [1.54, 1.807) is 0 Å². The molecule has 432 valence electrons. The molecule has 0 radical (unpaired) electrons. The predicted octanol–water partition coefficient (Wildman–Crippen LogP) is 22.2. The first-order valence-electron chi connectivity index (χ1n) is 32.6. The molecule has 0 saturated heterocycles. The number of rotatable bonds is 60. The Labute approximate surface area is 460 Å². The van der Waals surface area contributed by atoms with Crippen molar-refractivity contribution in [3.8, 4) is 0 Å². The van der Waals surface area contributed by atoms with Crippen LogP contribution in [0.4, 0.5) is 0 Å². The fourth-order valence-electron chi connectivity index (χ4n) is 9.61. The maximum atomic E-state index is 12.9. The molecule has 0 aliphatic rings. The van der Waals surface area contributed by atoms with E-state index < -0.39 is 6.10 Å². The second-order valence-electron chi connectivity index (χ2n) is 22.0. The molecule has 0 heterocycles. The summed E-state index contributed by atoms with van der Waals surface area (Å²) in [5, 5.41) is 0. The van der Waals surface area contributed by atoms with E-state index in [2.05, 4.69) is 69.4 Å². The van der Waals surface area contributed by atoms with Crippen LogP contribution in [0.1, 0.15) is 348 Å². The van der Waals surface area contributed by atoms with Crippen LogP contribution < -0.4 is 0 Å². The second kappa shape index (κ2) is 62.9. The van der Waals surface area contributed by atoms with E-state index in [0.29, 0.717) is 19.3 Å². The first kappa shape index (κ1) is 71.4. The molecule has 0 aromatic carbocycles. The number of hydrogen-bond acceptors (Lipinski definition) is 6. The molecule has 1 unspecified atom stereocenters. The topological polar surface area (TPSA) is 78.9 Å². The average molecular weight is 1040 g/mol. The van der Waals surface area contributed by atoms with Gasteiger partial charge < -0.3 is 14.2 Å². The van der Waals surface area contributed by atoms with Gasteiger partial charge in [-0.15, -0.1) is 0 Å². The van der Waals surface area contributed by atoms with Crippen molar-refractivity contribution in [3.63, 3.8) is 0 Å². The molecule has 0 aliphatic carbocycles. The minimum absolute atomic E-state index is 0.0711. The summed E-state index contributed by atoms with van der Waals surface area (Å²) in [6.45, 7) is 6.63. The Morgan fingerprint density at radius 2 is 0.500 bits per heavy atom. The Hall–Kier alpha value is -2.63. The Kier molecular flexibility index (Phi) is 60.7. The summed E-state index contributed by atoms with van der Waals surface area (Å²) in [6.07, 6.45) is 78.5. The second-order valence-corrected chi connectivity index (χ2v) is 22.0. The SMILES string of the molecule is CCCC/C=C\CCCCCCCC(=O)OCC(COC(=O)CCCCCCCCCCCCCCCCCC/C=C\C/C=C\C/C=C\CCCCCCC)OC(=O)CCCCCCCCCCCCCCCC. The molecule has 0 aliphatic heterocycles. The molecule has 1 atom stereocenters. The molecule has 74 heavy (non-hydrogen) atoms. The molecule has 0 amide bonds. The largest absolute Gasteiger partial charge is 0.462 e. The van der Waals surface area contributed by atoms with Crippen LogP contribution in [0.15, 0.2) is 48.6 Å². The summed E-state index contributed by atoms with van der Waals surface area (Å²) in [4.78, 5) is 38.2. The predicted molar refractivity (Wildman–Crippen MR) is 321 cm³/mol. The summed E-state index contributed by atoms with van der Waals surface area (Å²) in [5.41, 5.74) is 0. The number of unbranched alkanes of at least 4 members (excludes halogenated alkanes) is 41. The highest BCUT2D eigenvalue weighted by atomic mass is 16.6. The van der Waals surface area contributed by atoms with E-state index in [1.807, 2.05) is 0 Å². The molecule has 6 heteroatoms. The van der Waals surface area contributed by atoms with Crippen LogP contribution in [-0.4, -0.2) is 37.2 Å². The van der Waals surface area contributed by atoms with E-state index >= 15 is 0 Å². The van der Waals surface area contributed by atoms with Crippen LogP contribution in [0.5, 0.6) is 0 Å². The molecule has 0 saturated carbocycles. The number of allylic oxidation sites excluding steroid dienone is 8. The Balaban J connectivity index is 4.10. The van der Waals surface area contributed by atoms with Gasteiger partial charge in [-0.05, 0) is 77.0 Å². The summed E-state index contributed by atoms with van der Waals surface area (Å²) >= 11 is 0. The third kappa shape index (κ3) is 60.2. The minimum Gasteiger partial charge on any atom is -0.462 e. The van der Waals surface area contributed by atoms with Crippen molar-refractivity contribution in [1.29, 1.82) is 0 Å². The minimum atomic E-state index is -0.772. The molecular weight excluding hydrogens is 913 g/mol. The van der Waals surface area contributed by atoms with Crippen LogP contribution in [0.2, 0.25) is 0 Å². The first-order valence-corrected chi connectivity index (χ1v) is 32.6. The average Bonchev–Trinajstić information content (AvgIpc) is 3.40. The van der Waals surface area contributed by atoms with E-state index in [0.717, 1.165) is 77.0 Å². The lowest BCUT2D eigenvalue weighted by Crippen LogP contribution is -2.30. The van der Waals surface area contributed by atoms with Gasteiger partial charge in [0.1, 0.15) is 13.2 Å². The van der Waals surface area contributed by atoms with Crippen molar-refractivity contribution in [1.82, 2.24) is 0 Å². The maximum Gasteiger partial charge on any atom is 0.306 e. The van der Waals surface area contributed by atoms with Crippen LogP contribution in [0.25, 0.3) is 0 Å². The van der Waals surface area contributed by atoms with Crippen molar-refractivity contribution in [2.24, 2.45) is 0 Å². The molecule has 6 nitrogen and oxygen atoms in total. The van der Waals surface area contributed by atoms with Crippen molar-refractivity contribution in [2.45, 2.75) is 354 Å². The van der Waals surface area contributed by atoms with Gasteiger partial charge in [-0.2, -0.15) is 0 Å². The van der Waals surface area contributed by atoms with Gasteiger partial charge in [-0.25, -0.2) is 0 Å². The highest BCUT2D eigenvalue weighted by Crippen LogP contribution is 2.17. The third-order valence-corrected chi connectivity index (χ3v) is 14.6. The zero-order chi connectivity index (χ0) is 53.6. The smallest absolute Gasteiger partial charge is 0.306 e. The molecular formula is C68H124O6. The quantitative estimate of drug-likeness (QED) is 0.0261. The van der Waals surface area contributed by atoms with E-state index in [-0.39, 0.29) is 31.1 Å². The lowest BCUT2D eigenvalue weighted by molar-refractivity contribution is -0.167. The zero-order valence-electron chi connectivity index (χ0n) is 49.6. The summed E-state index contributed by atoms with van der Waals surface area (Å²) in [6, 6.07) is 0. The van der Waals surface area contributed by atoms with E-state index in [9.17, 15) is 14.4 Å². The lowest BCUT2D eigenvalue weighted by Gasteiger charge is -2.18. The normalized spacial score (nSPS) is 12.3. The molecule has 0 N–H and O–H groups in total. The van der Waals surface area contributed by atoms with Crippen molar-refractivity contribution >= 4 is 17.9 Å². The van der Waals surface area contributed by atoms with Gasteiger partial charge in [0.25, 0.3) is 0 Å². The molecule has 0 bridgehead atoms. The summed E-state index contributed by atoms with van der Waals surface area (Å²) in [5.74, 6) is -0.862. The molecule has 0 spiro atoms. The van der Waals surface area contributed by atoms with Crippen molar-refractivity contribution < 1.29 is 28.6 Å². The van der Waals surface area contributed by atoms with Crippen LogP contribution in [0.3, 0.4) is 0 Å². The van der Waals surface area contributed by atoms with Crippen LogP contribution in [0, 0.1) is 0 Å². The van der Waals surface area contributed by atoms with Gasteiger partial charge >= 0.3 is 17.9 Å². The highest BCUT2D eigenvalue weighted by molar-refractivity contribution is 5.71. The standard InChI is InChI=1S/C68H124O6/c1-4-7-10-13-16-19-22-24-26-27-28-29-30-31-32-33-34-35-36-37-38-39-40-41-42-44-46-49-52-55-58-61-67(70)73-64-65(63-72-66(69)60-57-54-51-48-45-21-18-15-12-9-6-3)74-68(71)62-59-56-53-50-47-43-25-23-20-17-14-11-8-5-2/h15,18,22,24,27-28,30-31,65H,4-14,16-17,19-21,23,25-26,29,32-64H2,1-3H3/b18-15-,24-22-,28-27-,31-30-. The van der Waals surface area contributed by atoms with Gasteiger partial charge in [0.15, 0.2) is 6.10 Å². The number of carbonyl (C=O) groups is 3. The lowest BCUT2D eigenvalue weighted by atomic mass is 10.0. The van der Waals surface area contributed by atoms with E-state index in [4.69, 9.17) is 14.2 Å².